The standard InChI is InChI=1S/C18H24N4O2/c1-12-4-5-15(19)9-17(12)18(23)21-6-7-24-16(10-21)11-22-14(3)8-13(2)20-22/h4-5,8-9,16H,6-7,10-11,19H2,1-3H3. The third kappa shape index (κ3) is 3.43. The maximum absolute atomic E-state index is 12.8. The Hall–Kier alpha value is -2.34. The largest absolute Gasteiger partial charge is 0.399 e. The molecule has 1 aliphatic rings. The van der Waals surface area contributed by atoms with Gasteiger partial charge in [0.2, 0.25) is 0 Å². The molecule has 24 heavy (non-hydrogen) atoms. The summed E-state index contributed by atoms with van der Waals surface area (Å²) in [7, 11) is 0. The predicted octanol–water partition coefficient (Wildman–Crippen LogP) is 1.93. The summed E-state index contributed by atoms with van der Waals surface area (Å²) in [5.74, 6) is 0.0152. The lowest BCUT2D eigenvalue weighted by Crippen LogP contribution is -2.47. The number of anilines is 1. The highest BCUT2D eigenvalue weighted by molar-refractivity contribution is 5.96. The van der Waals surface area contributed by atoms with Gasteiger partial charge in [0.25, 0.3) is 5.91 Å². The molecule has 1 unspecified atom stereocenters. The van der Waals surface area contributed by atoms with Gasteiger partial charge in [-0.25, -0.2) is 0 Å². The van der Waals surface area contributed by atoms with E-state index in [9.17, 15) is 4.79 Å². The molecule has 0 spiro atoms. The highest BCUT2D eigenvalue weighted by Gasteiger charge is 2.26. The molecular formula is C18H24N4O2. The van der Waals surface area contributed by atoms with Crippen molar-refractivity contribution in [3.8, 4) is 0 Å². The zero-order valence-corrected chi connectivity index (χ0v) is 14.5. The number of hydrogen-bond acceptors (Lipinski definition) is 4. The van der Waals surface area contributed by atoms with Crippen LogP contribution in [0, 0.1) is 20.8 Å². The number of amides is 1. The van der Waals surface area contributed by atoms with Crippen molar-refractivity contribution in [2.45, 2.75) is 33.4 Å². The molecule has 2 aromatic rings. The number of nitrogens with zero attached hydrogens (tertiary/aromatic N) is 3. The van der Waals surface area contributed by atoms with E-state index < -0.39 is 0 Å². The SMILES string of the molecule is Cc1cc(C)n(CC2CN(C(=O)c3cc(N)ccc3C)CCO2)n1. The molecule has 6 heteroatoms. The summed E-state index contributed by atoms with van der Waals surface area (Å²) >= 11 is 0. The minimum atomic E-state index is -0.0536. The first kappa shape index (κ1) is 16.5. The van der Waals surface area contributed by atoms with Gasteiger partial charge >= 0.3 is 0 Å². The van der Waals surface area contributed by atoms with Crippen molar-refractivity contribution < 1.29 is 9.53 Å². The molecule has 0 bridgehead atoms. The average molecular weight is 328 g/mol. The molecule has 1 aromatic heterocycles. The fraction of sp³-hybridized carbons (Fsp3) is 0.444. The quantitative estimate of drug-likeness (QED) is 0.874. The minimum absolute atomic E-state index is 0.0152. The number of aryl methyl sites for hydroxylation is 3. The summed E-state index contributed by atoms with van der Waals surface area (Å²) in [5, 5.41) is 4.47. The molecule has 1 amide bonds. The topological polar surface area (TPSA) is 73.4 Å². The first-order valence-corrected chi connectivity index (χ1v) is 8.22. The Balaban J connectivity index is 1.72. The first-order valence-electron chi connectivity index (χ1n) is 8.22. The van der Waals surface area contributed by atoms with Crippen molar-refractivity contribution in [2.24, 2.45) is 0 Å². The van der Waals surface area contributed by atoms with E-state index in [1.807, 2.05) is 48.6 Å². The van der Waals surface area contributed by atoms with Gasteiger partial charge in [-0.15, -0.1) is 0 Å². The normalized spacial score (nSPS) is 18.0. The van der Waals surface area contributed by atoms with Gasteiger partial charge in [0.05, 0.1) is 24.9 Å². The molecule has 1 aliphatic heterocycles. The van der Waals surface area contributed by atoms with Crippen LogP contribution in [0.1, 0.15) is 27.3 Å². The molecular weight excluding hydrogens is 304 g/mol. The van der Waals surface area contributed by atoms with E-state index in [0.29, 0.717) is 37.5 Å². The highest BCUT2D eigenvalue weighted by atomic mass is 16.5. The van der Waals surface area contributed by atoms with Crippen LogP contribution < -0.4 is 5.73 Å². The number of nitrogens with two attached hydrogens (primary N) is 1. The van der Waals surface area contributed by atoms with Crippen molar-refractivity contribution >= 4 is 11.6 Å². The van der Waals surface area contributed by atoms with E-state index in [4.69, 9.17) is 10.5 Å². The molecule has 6 nitrogen and oxygen atoms in total. The van der Waals surface area contributed by atoms with Crippen molar-refractivity contribution in [3.05, 3.63) is 46.8 Å². The second-order valence-corrected chi connectivity index (χ2v) is 6.43. The van der Waals surface area contributed by atoms with Gasteiger partial charge in [-0.3, -0.25) is 9.48 Å². The van der Waals surface area contributed by atoms with Gasteiger partial charge in [0.1, 0.15) is 0 Å². The van der Waals surface area contributed by atoms with E-state index in [1.54, 1.807) is 6.07 Å². The monoisotopic (exact) mass is 328 g/mol. The van der Waals surface area contributed by atoms with E-state index in [-0.39, 0.29) is 12.0 Å². The van der Waals surface area contributed by atoms with Gasteiger partial charge in [0, 0.05) is 30.0 Å². The van der Waals surface area contributed by atoms with Crippen LogP contribution in [0.2, 0.25) is 0 Å². The number of ether oxygens (including phenoxy) is 1. The fourth-order valence-electron chi connectivity index (χ4n) is 3.11. The Morgan fingerprint density at radius 3 is 2.83 bits per heavy atom. The smallest absolute Gasteiger partial charge is 0.254 e. The summed E-state index contributed by atoms with van der Waals surface area (Å²) in [6.07, 6.45) is -0.0536. The van der Waals surface area contributed by atoms with Crippen LogP contribution in [0.25, 0.3) is 0 Å². The number of nitrogen functional groups attached to an aromatic ring is 1. The molecule has 1 saturated heterocycles. The maximum Gasteiger partial charge on any atom is 0.254 e. The molecule has 2 heterocycles. The Bertz CT molecular complexity index is 753. The van der Waals surface area contributed by atoms with Crippen LogP contribution in [0.5, 0.6) is 0 Å². The second-order valence-electron chi connectivity index (χ2n) is 6.43. The van der Waals surface area contributed by atoms with Crippen molar-refractivity contribution in [1.82, 2.24) is 14.7 Å². The summed E-state index contributed by atoms with van der Waals surface area (Å²) < 4.78 is 7.78. The van der Waals surface area contributed by atoms with Gasteiger partial charge in [0.15, 0.2) is 0 Å². The van der Waals surface area contributed by atoms with E-state index >= 15 is 0 Å². The zero-order chi connectivity index (χ0) is 17.3. The number of carbonyl (C=O) groups is 1. The van der Waals surface area contributed by atoms with Crippen LogP contribution in [-0.4, -0.2) is 46.4 Å². The lowest BCUT2D eigenvalue weighted by molar-refractivity contribution is -0.0302. The summed E-state index contributed by atoms with van der Waals surface area (Å²) in [6.45, 7) is 8.29. The Labute approximate surface area is 142 Å². The molecule has 3 rings (SSSR count). The number of carbonyl (C=O) groups excluding carboxylic acids is 1. The molecule has 1 aromatic carbocycles. The first-order chi connectivity index (χ1) is 11.4. The van der Waals surface area contributed by atoms with E-state index in [1.165, 1.54) is 0 Å². The third-order valence-electron chi connectivity index (χ3n) is 4.40. The Morgan fingerprint density at radius 2 is 2.12 bits per heavy atom. The average Bonchev–Trinajstić information content (AvgIpc) is 2.87. The van der Waals surface area contributed by atoms with Gasteiger partial charge < -0.3 is 15.4 Å². The summed E-state index contributed by atoms with van der Waals surface area (Å²) in [6, 6.07) is 7.50. The van der Waals surface area contributed by atoms with Crippen LogP contribution >= 0.6 is 0 Å². The third-order valence-corrected chi connectivity index (χ3v) is 4.40. The van der Waals surface area contributed by atoms with Gasteiger partial charge in [-0.05, 0) is 44.5 Å². The molecule has 1 fully saturated rings. The Kier molecular flexibility index (Phi) is 4.57. The van der Waals surface area contributed by atoms with Crippen LogP contribution in [-0.2, 0) is 11.3 Å². The molecule has 0 saturated carbocycles. The number of hydrogen-bond donors (Lipinski definition) is 1. The molecule has 128 valence electrons. The summed E-state index contributed by atoms with van der Waals surface area (Å²) in [5.41, 5.74) is 10.1. The number of rotatable bonds is 3. The lowest BCUT2D eigenvalue weighted by Gasteiger charge is -2.33. The number of morpholine rings is 1. The maximum atomic E-state index is 12.8. The van der Waals surface area contributed by atoms with Crippen LogP contribution in [0.15, 0.2) is 24.3 Å². The van der Waals surface area contributed by atoms with Crippen LogP contribution in [0.3, 0.4) is 0 Å². The number of aromatic nitrogens is 2. The minimum Gasteiger partial charge on any atom is -0.399 e. The lowest BCUT2D eigenvalue weighted by atomic mass is 10.1. The molecule has 1 atom stereocenters. The molecule has 0 aliphatic carbocycles. The van der Waals surface area contributed by atoms with Gasteiger partial charge in [-0.2, -0.15) is 5.10 Å². The summed E-state index contributed by atoms with van der Waals surface area (Å²) in [4.78, 5) is 14.7. The fourth-order valence-corrected chi connectivity index (χ4v) is 3.11. The van der Waals surface area contributed by atoms with E-state index in [0.717, 1.165) is 17.0 Å². The van der Waals surface area contributed by atoms with Crippen molar-refractivity contribution in [2.75, 3.05) is 25.4 Å². The highest BCUT2D eigenvalue weighted by Crippen LogP contribution is 2.18. The predicted molar refractivity (Wildman–Crippen MR) is 92.9 cm³/mol. The number of benzene rings is 1. The molecule has 2 N–H and O–H groups in total. The zero-order valence-electron chi connectivity index (χ0n) is 14.5. The van der Waals surface area contributed by atoms with Crippen molar-refractivity contribution in [1.29, 1.82) is 0 Å². The van der Waals surface area contributed by atoms with Crippen LogP contribution in [0.4, 0.5) is 5.69 Å². The van der Waals surface area contributed by atoms with Gasteiger partial charge in [-0.1, -0.05) is 6.07 Å². The van der Waals surface area contributed by atoms with Crippen molar-refractivity contribution in [3.63, 3.8) is 0 Å². The second kappa shape index (κ2) is 6.65. The molecule has 0 radical (unpaired) electrons. The van der Waals surface area contributed by atoms with E-state index in [2.05, 4.69) is 5.10 Å². The Morgan fingerprint density at radius 1 is 1.33 bits per heavy atom.